The van der Waals surface area contributed by atoms with Crippen molar-refractivity contribution in [2.75, 3.05) is 26.7 Å². The molecular formula is C24H30N4O4S. The molecule has 1 saturated heterocycles. The fourth-order valence-electron chi connectivity index (χ4n) is 4.31. The van der Waals surface area contributed by atoms with Crippen LogP contribution in [0.5, 0.6) is 5.75 Å². The molecule has 0 aliphatic carbocycles. The minimum Gasteiger partial charge on any atom is -0.496 e. The molecule has 2 heterocycles. The fraction of sp³-hybridized carbons (Fsp3) is 0.417. The summed E-state index contributed by atoms with van der Waals surface area (Å²) < 4.78 is 35.3. The Morgan fingerprint density at radius 2 is 1.82 bits per heavy atom. The zero-order chi connectivity index (χ0) is 23.4. The zero-order valence-electron chi connectivity index (χ0n) is 19.1. The molecule has 9 heteroatoms. The summed E-state index contributed by atoms with van der Waals surface area (Å²) in [7, 11) is -2.20. The van der Waals surface area contributed by atoms with E-state index < -0.39 is 10.0 Å². The number of benzene rings is 2. The molecule has 0 atom stereocenters. The third-order valence-electron chi connectivity index (χ3n) is 6.08. The Morgan fingerprint density at radius 3 is 2.55 bits per heavy atom. The third-order valence-corrected chi connectivity index (χ3v) is 7.98. The normalized spacial score (nSPS) is 15.3. The second-order valence-electron chi connectivity index (χ2n) is 8.24. The number of aryl methyl sites for hydroxylation is 1. The zero-order valence-corrected chi connectivity index (χ0v) is 19.9. The quantitative estimate of drug-likeness (QED) is 0.572. The monoisotopic (exact) mass is 470 g/mol. The summed E-state index contributed by atoms with van der Waals surface area (Å²) in [6.45, 7) is 3.86. The summed E-state index contributed by atoms with van der Waals surface area (Å²) >= 11 is 0. The van der Waals surface area contributed by atoms with Crippen LogP contribution in [0.4, 0.5) is 0 Å². The number of ether oxygens (including phenoxy) is 1. The minimum absolute atomic E-state index is 0.117. The smallest absolute Gasteiger partial charge is 0.255 e. The average molecular weight is 471 g/mol. The van der Waals surface area contributed by atoms with Gasteiger partial charge in [-0.3, -0.25) is 4.79 Å². The average Bonchev–Trinajstić information content (AvgIpc) is 2.98. The van der Waals surface area contributed by atoms with Gasteiger partial charge < -0.3 is 14.6 Å². The van der Waals surface area contributed by atoms with E-state index in [-0.39, 0.29) is 16.4 Å². The number of para-hydroxylation sites is 2. The lowest BCUT2D eigenvalue weighted by atomic mass is 10.2. The van der Waals surface area contributed by atoms with E-state index in [9.17, 15) is 13.2 Å². The maximum atomic E-state index is 13.2. The molecule has 1 aliphatic heterocycles. The van der Waals surface area contributed by atoms with Crippen molar-refractivity contribution in [3.8, 4) is 5.75 Å². The predicted molar refractivity (Wildman–Crippen MR) is 127 cm³/mol. The second-order valence-corrected chi connectivity index (χ2v) is 10.2. The first-order valence-corrected chi connectivity index (χ1v) is 12.7. The fourth-order valence-corrected chi connectivity index (χ4v) is 5.85. The van der Waals surface area contributed by atoms with Crippen LogP contribution in [-0.4, -0.2) is 54.9 Å². The molecule has 176 valence electrons. The van der Waals surface area contributed by atoms with Gasteiger partial charge in [0.15, 0.2) is 0 Å². The number of amides is 1. The number of rotatable bonds is 7. The SMILES string of the molecule is COc1ccc(S(=O)(=O)N2CCCCCC2)cc1C(=O)NCCn1c(C)nc2ccccc21. The number of fused-ring (bicyclic) bond motifs is 1. The molecular weight excluding hydrogens is 440 g/mol. The van der Waals surface area contributed by atoms with Crippen molar-refractivity contribution in [2.24, 2.45) is 0 Å². The Labute approximate surface area is 194 Å². The van der Waals surface area contributed by atoms with Crippen LogP contribution in [0.25, 0.3) is 11.0 Å². The molecule has 3 aromatic rings. The summed E-state index contributed by atoms with van der Waals surface area (Å²) in [6.07, 6.45) is 3.78. The van der Waals surface area contributed by atoms with E-state index in [4.69, 9.17) is 4.74 Å². The summed E-state index contributed by atoms with van der Waals surface area (Å²) in [5.74, 6) is 0.835. The van der Waals surface area contributed by atoms with Crippen LogP contribution in [0.1, 0.15) is 41.9 Å². The first-order valence-electron chi connectivity index (χ1n) is 11.3. The van der Waals surface area contributed by atoms with E-state index in [2.05, 4.69) is 10.3 Å². The molecule has 1 fully saturated rings. The van der Waals surface area contributed by atoms with Gasteiger partial charge >= 0.3 is 0 Å². The van der Waals surface area contributed by atoms with Crippen molar-refractivity contribution in [1.29, 1.82) is 0 Å². The van der Waals surface area contributed by atoms with Gasteiger partial charge in [0.2, 0.25) is 10.0 Å². The molecule has 0 spiro atoms. The van der Waals surface area contributed by atoms with E-state index in [1.807, 2.05) is 35.8 Å². The van der Waals surface area contributed by atoms with Crippen LogP contribution in [-0.2, 0) is 16.6 Å². The van der Waals surface area contributed by atoms with E-state index in [1.165, 1.54) is 23.5 Å². The molecule has 0 saturated carbocycles. The summed E-state index contributed by atoms with van der Waals surface area (Å²) in [4.78, 5) is 17.6. The number of carbonyl (C=O) groups is 1. The van der Waals surface area contributed by atoms with E-state index in [0.29, 0.717) is 31.9 Å². The lowest BCUT2D eigenvalue weighted by Gasteiger charge is -2.20. The molecule has 1 aromatic heterocycles. The van der Waals surface area contributed by atoms with Gasteiger partial charge in [0.25, 0.3) is 5.91 Å². The minimum atomic E-state index is -3.67. The molecule has 1 amide bonds. The Bertz CT molecular complexity index is 1240. The molecule has 4 rings (SSSR count). The van der Waals surface area contributed by atoms with Gasteiger partial charge in [-0.2, -0.15) is 4.31 Å². The molecule has 0 radical (unpaired) electrons. The molecule has 1 aliphatic rings. The first-order chi connectivity index (χ1) is 15.9. The van der Waals surface area contributed by atoms with Crippen LogP contribution in [0.2, 0.25) is 0 Å². The van der Waals surface area contributed by atoms with Gasteiger partial charge in [-0.05, 0) is 50.1 Å². The van der Waals surface area contributed by atoms with Crippen LogP contribution in [0, 0.1) is 6.92 Å². The number of nitrogens with one attached hydrogen (secondary N) is 1. The lowest BCUT2D eigenvalue weighted by Crippen LogP contribution is -2.32. The van der Waals surface area contributed by atoms with E-state index in [0.717, 1.165) is 42.5 Å². The highest BCUT2D eigenvalue weighted by atomic mass is 32.2. The van der Waals surface area contributed by atoms with Gasteiger partial charge in [0, 0.05) is 26.2 Å². The van der Waals surface area contributed by atoms with Crippen LogP contribution in [0.15, 0.2) is 47.4 Å². The van der Waals surface area contributed by atoms with Gasteiger partial charge in [-0.25, -0.2) is 13.4 Å². The number of methoxy groups -OCH3 is 1. The highest BCUT2D eigenvalue weighted by molar-refractivity contribution is 7.89. The standard InChI is InChI=1S/C24H30N4O4S/c1-18-26-21-9-5-6-10-22(21)28(18)16-13-25-24(29)20-17-19(11-12-23(20)32-2)33(30,31)27-14-7-3-4-8-15-27/h5-6,9-12,17H,3-4,7-8,13-16H2,1-2H3,(H,25,29). The van der Waals surface area contributed by atoms with E-state index in [1.54, 1.807) is 6.07 Å². The summed E-state index contributed by atoms with van der Waals surface area (Å²) in [6, 6.07) is 12.3. The predicted octanol–water partition coefficient (Wildman–Crippen LogP) is 3.35. The van der Waals surface area contributed by atoms with Gasteiger partial charge in [-0.1, -0.05) is 25.0 Å². The molecule has 8 nitrogen and oxygen atoms in total. The molecule has 33 heavy (non-hydrogen) atoms. The van der Waals surface area contributed by atoms with Crippen LogP contribution < -0.4 is 10.1 Å². The Hall–Kier alpha value is -2.91. The molecule has 0 unspecified atom stereocenters. The number of hydrogen-bond acceptors (Lipinski definition) is 5. The second kappa shape index (κ2) is 9.93. The third kappa shape index (κ3) is 4.89. The van der Waals surface area contributed by atoms with Gasteiger partial charge in [0.05, 0.1) is 28.6 Å². The Balaban J connectivity index is 1.51. The van der Waals surface area contributed by atoms with Crippen molar-refractivity contribution in [3.63, 3.8) is 0 Å². The number of imidazole rings is 1. The van der Waals surface area contributed by atoms with Crippen molar-refractivity contribution in [2.45, 2.75) is 44.0 Å². The highest BCUT2D eigenvalue weighted by Crippen LogP contribution is 2.26. The first kappa shape index (κ1) is 23.3. The number of carbonyl (C=O) groups excluding carboxylic acids is 1. The van der Waals surface area contributed by atoms with Crippen molar-refractivity contribution >= 4 is 27.0 Å². The van der Waals surface area contributed by atoms with Crippen LogP contribution >= 0.6 is 0 Å². The van der Waals surface area contributed by atoms with Crippen molar-refractivity contribution in [1.82, 2.24) is 19.2 Å². The largest absolute Gasteiger partial charge is 0.496 e. The number of sulfonamides is 1. The molecule has 2 aromatic carbocycles. The maximum absolute atomic E-state index is 13.2. The topological polar surface area (TPSA) is 93.5 Å². The van der Waals surface area contributed by atoms with Gasteiger partial charge in [-0.15, -0.1) is 0 Å². The number of nitrogens with zero attached hydrogens (tertiary/aromatic N) is 3. The number of hydrogen-bond donors (Lipinski definition) is 1. The molecule has 0 bridgehead atoms. The number of aromatic nitrogens is 2. The lowest BCUT2D eigenvalue weighted by molar-refractivity contribution is 0.0949. The van der Waals surface area contributed by atoms with Crippen LogP contribution in [0.3, 0.4) is 0 Å². The van der Waals surface area contributed by atoms with Gasteiger partial charge in [0.1, 0.15) is 11.6 Å². The maximum Gasteiger partial charge on any atom is 0.255 e. The summed E-state index contributed by atoms with van der Waals surface area (Å²) in [5.41, 5.74) is 2.13. The Kier molecular flexibility index (Phi) is 6.99. The highest BCUT2D eigenvalue weighted by Gasteiger charge is 2.27. The van der Waals surface area contributed by atoms with Crippen molar-refractivity contribution in [3.05, 3.63) is 53.9 Å². The van der Waals surface area contributed by atoms with Crippen molar-refractivity contribution < 1.29 is 17.9 Å². The van der Waals surface area contributed by atoms with E-state index >= 15 is 0 Å². The Morgan fingerprint density at radius 1 is 1.09 bits per heavy atom. The molecule has 1 N–H and O–H groups in total. The summed E-state index contributed by atoms with van der Waals surface area (Å²) in [5, 5.41) is 2.90.